The van der Waals surface area contributed by atoms with Gasteiger partial charge in [0.15, 0.2) is 7.26 Å². The van der Waals surface area contributed by atoms with Gasteiger partial charge < -0.3 is 0 Å². The van der Waals surface area contributed by atoms with Crippen molar-refractivity contribution in [3.63, 3.8) is 0 Å². The summed E-state index contributed by atoms with van der Waals surface area (Å²) >= 11 is 0. The van der Waals surface area contributed by atoms with E-state index in [0.717, 1.165) is 15.9 Å². The number of hydrogen-bond donors (Lipinski definition) is 0. The standard InChI is InChI=1S/C20H18OP/c1-17(21)22(18-11-5-2-6-12-18,19-13-7-3-8-14-19)20-15-9-4-10-16-20/h2-16H,1H3/q+1. The van der Waals surface area contributed by atoms with E-state index in [9.17, 15) is 4.79 Å². The molecule has 0 aliphatic rings. The van der Waals surface area contributed by atoms with Crippen molar-refractivity contribution in [2.24, 2.45) is 0 Å². The Hall–Kier alpha value is -2.24. The summed E-state index contributed by atoms with van der Waals surface area (Å²) in [6.07, 6.45) is 0. The van der Waals surface area contributed by atoms with Gasteiger partial charge in [-0.05, 0) is 36.4 Å². The molecule has 0 aromatic heterocycles. The summed E-state index contributed by atoms with van der Waals surface area (Å²) < 4.78 is 0. The minimum absolute atomic E-state index is 0.232. The zero-order valence-electron chi connectivity index (χ0n) is 12.5. The van der Waals surface area contributed by atoms with E-state index in [1.54, 1.807) is 6.92 Å². The SMILES string of the molecule is CC(=O)[P+](c1ccccc1)(c1ccccc1)c1ccccc1. The fourth-order valence-electron chi connectivity index (χ4n) is 2.95. The third kappa shape index (κ3) is 2.38. The molecule has 0 aliphatic carbocycles. The van der Waals surface area contributed by atoms with Gasteiger partial charge in [-0.25, -0.2) is 0 Å². The number of hydrogen-bond acceptors (Lipinski definition) is 1. The van der Waals surface area contributed by atoms with Crippen LogP contribution in [0.25, 0.3) is 0 Å². The molecule has 0 bridgehead atoms. The molecule has 3 aromatic carbocycles. The van der Waals surface area contributed by atoms with Gasteiger partial charge >= 0.3 is 0 Å². The van der Waals surface area contributed by atoms with E-state index in [1.807, 2.05) is 54.6 Å². The third-order valence-corrected chi connectivity index (χ3v) is 8.07. The molecule has 0 heterocycles. The van der Waals surface area contributed by atoms with Crippen LogP contribution >= 0.6 is 7.26 Å². The highest BCUT2D eigenvalue weighted by molar-refractivity contribution is 8.08. The first kappa shape index (κ1) is 14.7. The molecule has 22 heavy (non-hydrogen) atoms. The average Bonchev–Trinajstić information content (AvgIpc) is 2.58. The van der Waals surface area contributed by atoms with E-state index >= 15 is 0 Å². The molecule has 1 nitrogen and oxygen atoms in total. The summed E-state index contributed by atoms with van der Waals surface area (Å²) in [6, 6.07) is 30.5. The predicted molar refractivity (Wildman–Crippen MR) is 95.8 cm³/mol. The van der Waals surface area contributed by atoms with Crippen molar-refractivity contribution in [2.45, 2.75) is 6.92 Å². The molecule has 0 radical (unpaired) electrons. The van der Waals surface area contributed by atoms with Gasteiger partial charge in [0, 0.05) is 6.92 Å². The van der Waals surface area contributed by atoms with Crippen LogP contribution in [-0.2, 0) is 4.79 Å². The van der Waals surface area contributed by atoms with Gasteiger partial charge in [-0.2, -0.15) is 0 Å². The van der Waals surface area contributed by atoms with Crippen LogP contribution in [0.2, 0.25) is 0 Å². The van der Waals surface area contributed by atoms with Crippen LogP contribution < -0.4 is 15.9 Å². The lowest BCUT2D eigenvalue weighted by Crippen LogP contribution is -2.35. The van der Waals surface area contributed by atoms with Crippen LogP contribution in [0.4, 0.5) is 0 Å². The van der Waals surface area contributed by atoms with Gasteiger partial charge in [-0.3, -0.25) is 4.79 Å². The zero-order valence-corrected chi connectivity index (χ0v) is 13.4. The fraction of sp³-hybridized carbons (Fsp3) is 0.0500. The molecule has 0 fully saturated rings. The quantitative estimate of drug-likeness (QED) is 0.674. The normalized spacial score (nSPS) is 11.1. The minimum Gasteiger partial charge on any atom is -0.252 e. The van der Waals surface area contributed by atoms with Crippen LogP contribution in [0.3, 0.4) is 0 Å². The largest absolute Gasteiger partial charge is 0.280 e. The van der Waals surface area contributed by atoms with Gasteiger partial charge in [0.25, 0.3) is 5.52 Å². The molecule has 0 amide bonds. The first-order valence-corrected chi connectivity index (χ1v) is 9.12. The number of benzene rings is 3. The average molecular weight is 305 g/mol. The summed E-state index contributed by atoms with van der Waals surface area (Å²) in [5, 5.41) is 3.33. The Morgan fingerprint density at radius 1 is 0.591 bits per heavy atom. The number of carbonyl (C=O) groups excluding carboxylic acids is 1. The molecule has 0 spiro atoms. The summed E-state index contributed by atoms with van der Waals surface area (Å²) in [5.41, 5.74) is 0.232. The van der Waals surface area contributed by atoms with Crippen molar-refractivity contribution >= 4 is 28.7 Å². The maximum atomic E-state index is 12.9. The van der Waals surface area contributed by atoms with Crippen molar-refractivity contribution in [3.05, 3.63) is 91.0 Å². The summed E-state index contributed by atoms with van der Waals surface area (Å²) in [4.78, 5) is 12.9. The van der Waals surface area contributed by atoms with Crippen molar-refractivity contribution < 1.29 is 4.79 Å². The molecule has 2 heteroatoms. The van der Waals surface area contributed by atoms with E-state index in [0.29, 0.717) is 0 Å². The zero-order chi connectivity index (χ0) is 15.4. The van der Waals surface area contributed by atoms with Gasteiger partial charge in [-0.1, -0.05) is 54.6 Å². The van der Waals surface area contributed by atoms with Gasteiger partial charge in [0.05, 0.1) is 0 Å². The maximum absolute atomic E-state index is 12.9. The summed E-state index contributed by atoms with van der Waals surface area (Å²) in [6.45, 7) is 1.72. The molecule has 3 rings (SSSR count). The maximum Gasteiger partial charge on any atom is 0.280 e. The second kappa shape index (κ2) is 6.25. The molecule has 0 aliphatic heterocycles. The lowest BCUT2D eigenvalue weighted by Gasteiger charge is -2.23. The number of carbonyl (C=O) groups is 1. The number of rotatable bonds is 4. The van der Waals surface area contributed by atoms with Gasteiger partial charge in [0.2, 0.25) is 0 Å². The molecule has 108 valence electrons. The van der Waals surface area contributed by atoms with E-state index in [2.05, 4.69) is 36.4 Å². The smallest absolute Gasteiger partial charge is 0.252 e. The van der Waals surface area contributed by atoms with Crippen LogP contribution in [0.15, 0.2) is 91.0 Å². The monoisotopic (exact) mass is 305 g/mol. The Balaban J connectivity index is 2.37. The van der Waals surface area contributed by atoms with E-state index in [1.165, 1.54) is 0 Å². The van der Waals surface area contributed by atoms with Crippen molar-refractivity contribution in [1.82, 2.24) is 0 Å². The lowest BCUT2D eigenvalue weighted by atomic mass is 10.4. The van der Waals surface area contributed by atoms with Crippen molar-refractivity contribution in [3.8, 4) is 0 Å². The molecular weight excluding hydrogens is 287 g/mol. The molecule has 0 saturated carbocycles. The fourth-order valence-corrected chi connectivity index (χ4v) is 6.79. The Bertz CT molecular complexity index is 655. The Morgan fingerprint density at radius 2 is 0.864 bits per heavy atom. The summed E-state index contributed by atoms with van der Waals surface area (Å²) in [7, 11) is -2.26. The second-order valence-electron chi connectivity index (χ2n) is 5.20. The highest BCUT2D eigenvalue weighted by Crippen LogP contribution is 2.55. The topological polar surface area (TPSA) is 17.1 Å². The molecule has 0 unspecified atom stereocenters. The van der Waals surface area contributed by atoms with E-state index in [4.69, 9.17) is 0 Å². The van der Waals surface area contributed by atoms with Crippen LogP contribution in [0.5, 0.6) is 0 Å². The first-order chi connectivity index (χ1) is 10.8. The van der Waals surface area contributed by atoms with Gasteiger partial charge in [0.1, 0.15) is 15.9 Å². The van der Waals surface area contributed by atoms with Crippen LogP contribution in [0.1, 0.15) is 6.92 Å². The Kier molecular flexibility index (Phi) is 4.18. The molecular formula is C20H18OP+. The van der Waals surface area contributed by atoms with Crippen molar-refractivity contribution in [2.75, 3.05) is 0 Å². The van der Waals surface area contributed by atoms with E-state index in [-0.39, 0.29) is 5.52 Å². The van der Waals surface area contributed by atoms with Crippen LogP contribution in [0, 0.1) is 0 Å². The van der Waals surface area contributed by atoms with Crippen LogP contribution in [-0.4, -0.2) is 5.52 Å². The minimum atomic E-state index is -2.26. The highest BCUT2D eigenvalue weighted by Gasteiger charge is 2.50. The molecule has 0 N–H and O–H groups in total. The lowest BCUT2D eigenvalue weighted by molar-refractivity contribution is -0.109. The third-order valence-electron chi connectivity index (χ3n) is 3.90. The molecule has 0 atom stereocenters. The Morgan fingerprint density at radius 3 is 1.09 bits per heavy atom. The second-order valence-corrected chi connectivity index (χ2v) is 8.72. The van der Waals surface area contributed by atoms with Gasteiger partial charge in [-0.15, -0.1) is 0 Å². The predicted octanol–water partition coefficient (Wildman–Crippen LogP) is 3.53. The molecule has 3 aromatic rings. The Labute approximate surface area is 132 Å². The van der Waals surface area contributed by atoms with E-state index < -0.39 is 7.26 Å². The first-order valence-electron chi connectivity index (χ1n) is 7.33. The summed E-state index contributed by atoms with van der Waals surface area (Å²) in [5.74, 6) is 0. The highest BCUT2D eigenvalue weighted by atomic mass is 31.2. The van der Waals surface area contributed by atoms with Crippen molar-refractivity contribution in [1.29, 1.82) is 0 Å². The molecule has 0 saturated heterocycles.